The van der Waals surface area contributed by atoms with E-state index in [1.807, 2.05) is 0 Å². The van der Waals surface area contributed by atoms with E-state index in [9.17, 15) is 28.7 Å². The first kappa shape index (κ1) is 30.4. The first-order valence-corrected chi connectivity index (χ1v) is 15.3. The van der Waals surface area contributed by atoms with Crippen LogP contribution >= 0.6 is 11.6 Å². The minimum Gasteiger partial charge on any atom is -0.508 e. The number of ether oxygens (including phenoxy) is 1. The first-order chi connectivity index (χ1) is 22.5. The number of urea groups is 1. The Morgan fingerprint density at radius 3 is 2.34 bits per heavy atom. The molecule has 0 bridgehead atoms. The number of phenols is 1. The number of nitrogens with one attached hydrogen (secondary N) is 1. The topological polar surface area (TPSA) is 159 Å². The Labute approximate surface area is 272 Å². The van der Waals surface area contributed by atoms with Gasteiger partial charge in [-0.05, 0) is 66.8 Å². The predicted molar refractivity (Wildman–Crippen MR) is 165 cm³/mol. The van der Waals surface area contributed by atoms with Gasteiger partial charge in [0.25, 0.3) is 11.8 Å². The predicted octanol–water partition coefficient (Wildman–Crippen LogP) is 4.26. The molecule has 3 fully saturated rings. The fraction of sp³-hybridized carbons (Fsp3) is 0.265. The highest BCUT2D eigenvalue weighted by Crippen LogP contribution is 2.65. The Balaban J connectivity index is 1.47. The third-order valence-electron chi connectivity index (χ3n) is 10.0. The number of benzene rings is 3. The molecule has 0 aromatic heterocycles. The van der Waals surface area contributed by atoms with Crippen LogP contribution in [-0.4, -0.2) is 51.8 Å². The summed E-state index contributed by atoms with van der Waals surface area (Å²) < 4.78 is 19.1. The van der Waals surface area contributed by atoms with Gasteiger partial charge in [0.2, 0.25) is 11.8 Å². The Morgan fingerprint density at radius 1 is 1.00 bits per heavy atom. The molecule has 11 nitrogen and oxygen atoms in total. The van der Waals surface area contributed by atoms with Gasteiger partial charge < -0.3 is 15.6 Å². The van der Waals surface area contributed by atoms with Crippen molar-refractivity contribution in [2.45, 2.75) is 24.2 Å². The van der Waals surface area contributed by atoms with Crippen molar-refractivity contribution in [1.29, 1.82) is 0 Å². The lowest BCUT2D eigenvalue weighted by atomic mass is 9.49. The van der Waals surface area contributed by atoms with Gasteiger partial charge in [0.05, 0.1) is 36.0 Å². The minimum atomic E-state index is -1.68. The van der Waals surface area contributed by atoms with Crippen LogP contribution in [-0.2, 0) is 24.6 Å². The number of nitrogens with two attached hydrogens (primary N) is 1. The van der Waals surface area contributed by atoms with E-state index in [0.717, 1.165) is 5.01 Å². The number of likely N-dealkylation sites (tertiary alicyclic amines) is 1. The SMILES string of the molecule is COc1ccc([C@H]2C3=CC[C@@H]4C(=O)N(C(N)=O)C(=O)[C@@H]4[C@@H]3C[C@H]3C(=O)N(Nc4ccc(F)cc4)C(=O)[C@@]23c2ccc(Cl)cc2)c(O)c1. The van der Waals surface area contributed by atoms with E-state index in [1.165, 1.54) is 37.4 Å². The van der Waals surface area contributed by atoms with E-state index in [4.69, 9.17) is 22.1 Å². The molecular formula is C34H28ClFN4O7. The lowest BCUT2D eigenvalue weighted by Crippen LogP contribution is -2.53. The first-order valence-electron chi connectivity index (χ1n) is 14.9. The summed E-state index contributed by atoms with van der Waals surface area (Å²) in [7, 11) is 1.44. The van der Waals surface area contributed by atoms with E-state index in [0.29, 0.717) is 26.8 Å². The van der Waals surface area contributed by atoms with Crippen LogP contribution < -0.4 is 15.9 Å². The monoisotopic (exact) mass is 658 g/mol. The van der Waals surface area contributed by atoms with Crippen molar-refractivity contribution < 1.29 is 38.2 Å². The van der Waals surface area contributed by atoms with Crippen LogP contribution in [0.25, 0.3) is 0 Å². The van der Waals surface area contributed by atoms with E-state index in [2.05, 4.69) is 5.43 Å². The smallest absolute Gasteiger partial charge is 0.328 e. The van der Waals surface area contributed by atoms with E-state index in [1.54, 1.807) is 42.5 Å². The summed E-state index contributed by atoms with van der Waals surface area (Å²) in [6, 6.07) is 15.1. The number of hydrogen-bond donors (Lipinski definition) is 3. The summed E-state index contributed by atoms with van der Waals surface area (Å²) in [6.07, 6.45) is 1.80. The largest absolute Gasteiger partial charge is 0.508 e. The van der Waals surface area contributed by atoms with Crippen molar-refractivity contribution in [3.8, 4) is 11.5 Å². The number of rotatable bonds is 5. The number of hydrazine groups is 1. The van der Waals surface area contributed by atoms with Crippen molar-refractivity contribution in [3.05, 3.63) is 100 Å². The van der Waals surface area contributed by atoms with Crippen LogP contribution in [0.15, 0.2) is 78.4 Å². The van der Waals surface area contributed by atoms with Crippen molar-refractivity contribution >= 4 is 46.9 Å². The maximum Gasteiger partial charge on any atom is 0.328 e. The summed E-state index contributed by atoms with van der Waals surface area (Å²) in [5.41, 5.74) is 8.17. The molecule has 240 valence electrons. The Bertz CT molecular complexity index is 1900. The molecule has 0 spiro atoms. The average Bonchev–Trinajstić information content (AvgIpc) is 3.43. The Kier molecular flexibility index (Phi) is 7.08. The van der Waals surface area contributed by atoms with Crippen LogP contribution in [0.5, 0.6) is 11.5 Å². The molecule has 4 N–H and O–H groups in total. The number of halogens is 2. The Hall–Kier alpha value is -5.23. The highest BCUT2D eigenvalue weighted by atomic mass is 35.5. The number of hydrogen-bond acceptors (Lipinski definition) is 8. The molecular weight excluding hydrogens is 631 g/mol. The van der Waals surface area contributed by atoms with Crippen LogP contribution in [0.1, 0.15) is 29.9 Å². The highest BCUT2D eigenvalue weighted by molar-refractivity contribution is 6.30. The van der Waals surface area contributed by atoms with E-state index < -0.39 is 70.5 Å². The summed E-state index contributed by atoms with van der Waals surface area (Å²) >= 11 is 6.28. The number of carbonyl (C=O) groups is 5. The lowest BCUT2D eigenvalue weighted by Gasteiger charge is -2.50. The molecule has 1 saturated carbocycles. The molecule has 13 heteroatoms. The molecule has 6 atom stereocenters. The molecule has 2 saturated heterocycles. The van der Waals surface area contributed by atoms with Crippen molar-refractivity contribution in [2.24, 2.45) is 29.4 Å². The standard InChI is InChI=1S/C34H28ClFN4O7/c1-47-20-10-11-22(26(41)14-20)28-21-12-13-23-27(31(44)39(29(23)42)33(37)46)24(21)15-25-30(43)40(38-19-8-6-18(36)7-9-19)32(45)34(25,28)16-2-4-17(35)5-3-16/h2-12,14,23-25,27-28,38,41H,13,15H2,1H3,(H2,37,46)/t23-,24+,25-,27-,28+,34+/m0/s1. The molecule has 2 aliphatic carbocycles. The van der Waals surface area contributed by atoms with Gasteiger partial charge in [-0.15, -0.1) is 0 Å². The van der Waals surface area contributed by atoms with Gasteiger partial charge in [0.15, 0.2) is 0 Å². The molecule has 0 radical (unpaired) electrons. The fourth-order valence-corrected chi connectivity index (χ4v) is 8.24. The summed E-state index contributed by atoms with van der Waals surface area (Å²) in [4.78, 5) is 69.1. The molecule has 4 aliphatic rings. The minimum absolute atomic E-state index is 0.0408. The quantitative estimate of drug-likeness (QED) is 0.271. The number of aromatic hydroxyl groups is 1. The number of carbonyl (C=O) groups excluding carboxylic acids is 5. The van der Waals surface area contributed by atoms with Crippen molar-refractivity contribution in [2.75, 3.05) is 12.5 Å². The van der Waals surface area contributed by atoms with Crippen molar-refractivity contribution in [3.63, 3.8) is 0 Å². The molecule has 2 aliphatic heterocycles. The third-order valence-corrected chi connectivity index (χ3v) is 10.3. The van der Waals surface area contributed by atoms with Gasteiger partial charge in [0.1, 0.15) is 17.3 Å². The molecule has 7 rings (SSSR count). The van der Waals surface area contributed by atoms with E-state index in [-0.39, 0.29) is 29.8 Å². The van der Waals surface area contributed by atoms with Gasteiger partial charge in [-0.25, -0.2) is 9.18 Å². The fourth-order valence-electron chi connectivity index (χ4n) is 8.11. The molecule has 0 unspecified atom stereocenters. The van der Waals surface area contributed by atoms with Crippen LogP contribution in [0.4, 0.5) is 14.9 Å². The summed E-state index contributed by atoms with van der Waals surface area (Å²) in [6.45, 7) is 0. The zero-order chi connectivity index (χ0) is 33.4. The molecule has 47 heavy (non-hydrogen) atoms. The summed E-state index contributed by atoms with van der Waals surface area (Å²) in [5, 5.41) is 12.8. The Morgan fingerprint density at radius 2 is 1.70 bits per heavy atom. The normalized spacial score (nSPS) is 28.1. The zero-order valence-corrected chi connectivity index (χ0v) is 25.6. The van der Waals surface area contributed by atoms with Gasteiger partial charge >= 0.3 is 6.03 Å². The van der Waals surface area contributed by atoms with Crippen LogP contribution in [0.2, 0.25) is 5.02 Å². The number of fused-ring (bicyclic) bond motifs is 4. The third kappa shape index (κ3) is 4.34. The second-order valence-corrected chi connectivity index (χ2v) is 12.6. The van der Waals surface area contributed by atoms with Gasteiger partial charge in [-0.2, -0.15) is 9.91 Å². The number of imide groups is 4. The van der Waals surface area contributed by atoms with Gasteiger partial charge in [-0.3, -0.25) is 24.6 Å². The second kappa shape index (κ2) is 10.9. The van der Waals surface area contributed by atoms with E-state index >= 15 is 4.79 Å². The molecule has 3 aromatic carbocycles. The molecule has 6 amide bonds. The average molecular weight is 659 g/mol. The maximum atomic E-state index is 15.0. The second-order valence-electron chi connectivity index (χ2n) is 12.1. The number of phenolic OH excluding ortho intramolecular Hbond substituents is 1. The van der Waals surface area contributed by atoms with Crippen molar-refractivity contribution in [1.82, 2.24) is 9.91 Å². The van der Waals surface area contributed by atoms with Crippen LogP contribution in [0.3, 0.4) is 0 Å². The van der Waals surface area contributed by atoms with Gasteiger partial charge in [0, 0.05) is 22.6 Å². The number of amides is 6. The van der Waals surface area contributed by atoms with Gasteiger partial charge in [-0.1, -0.05) is 41.4 Å². The zero-order valence-electron chi connectivity index (χ0n) is 24.9. The summed E-state index contributed by atoms with van der Waals surface area (Å²) in [5.74, 6) is -7.98. The van der Waals surface area contributed by atoms with Crippen LogP contribution in [0, 0.1) is 29.5 Å². The number of nitrogens with zero attached hydrogens (tertiary/aromatic N) is 2. The molecule has 2 heterocycles. The number of primary amides is 1. The molecule has 3 aromatic rings. The number of allylic oxidation sites excluding steroid dienone is 2. The lowest BCUT2D eigenvalue weighted by molar-refractivity contribution is -0.139. The number of methoxy groups -OCH3 is 1. The maximum absolute atomic E-state index is 15.0. The number of anilines is 1. The highest BCUT2D eigenvalue weighted by Gasteiger charge is 2.70.